The van der Waals surface area contributed by atoms with Gasteiger partial charge >= 0.3 is 0 Å². The van der Waals surface area contributed by atoms with Crippen molar-refractivity contribution in [1.82, 2.24) is 15.8 Å². The van der Waals surface area contributed by atoms with Gasteiger partial charge < -0.3 is 10.1 Å². The number of ether oxygens (including phenoxy) is 1. The van der Waals surface area contributed by atoms with Gasteiger partial charge in [0, 0.05) is 26.7 Å². The van der Waals surface area contributed by atoms with E-state index in [1.807, 2.05) is 19.1 Å². The molecule has 1 heterocycles. The Balaban J connectivity index is 2.13. The summed E-state index contributed by atoms with van der Waals surface area (Å²) in [7, 11) is 3.92. The van der Waals surface area contributed by atoms with Crippen molar-refractivity contribution < 1.29 is 4.74 Å². The fourth-order valence-electron chi connectivity index (χ4n) is 1.13. The molecular formula is C7H17N3O. The van der Waals surface area contributed by atoms with Gasteiger partial charge in [-0.15, -0.1) is 0 Å². The van der Waals surface area contributed by atoms with Crippen molar-refractivity contribution in [3.05, 3.63) is 0 Å². The highest BCUT2D eigenvalue weighted by molar-refractivity contribution is 4.68. The molecule has 0 saturated carbocycles. The van der Waals surface area contributed by atoms with Crippen molar-refractivity contribution in [2.24, 2.45) is 0 Å². The first-order chi connectivity index (χ1) is 5.33. The SMILES string of the molecule is CNN(C)C[C@H]1CNCCO1. The van der Waals surface area contributed by atoms with E-state index in [4.69, 9.17) is 4.74 Å². The second kappa shape index (κ2) is 4.66. The molecule has 0 aromatic carbocycles. The molecule has 1 aliphatic rings. The monoisotopic (exact) mass is 159 g/mol. The summed E-state index contributed by atoms with van der Waals surface area (Å²) in [4.78, 5) is 0. The summed E-state index contributed by atoms with van der Waals surface area (Å²) in [6, 6.07) is 0. The van der Waals surface area contributed by atoms with Crippen LogP contribution in [0.15, 0.2) is 0 Å². The van der Waals surface area contributed by atoms with E-state index in [0.717, 1.165) is 26.2 Å². The molecule has 0 aliphatic carbocycles. The van der Waals surface area contributed by atoms with Crippen LogP contribution in [0.2, 0.25) is 0 Å². The predicted molar refractivity (Wildman–Crippen MR) is 44.3 cm³/mol. The number of nitrogens with one attached hydrogen (secondary N) is 2. The summed E-state index contributed by atoms with van der Waals surface area (Å²) in [5, 5.41) is 5.31. The number of likely N-dealkylation sites (N-methyl/N-ethyl adjacent to an activating group) is 1. The van der Waals surface area contributed by atoms with Gasteiger partial charge in [-0.25, -0.2) is 5.01 Å². The number of hydrogen-bond acceptors (Lipinski definition) is 4. The van der Waals surface area contributed by atoms with Gasteiger partial charge in [0.25, 0.3) is 0 Å². The second-order valence-corrected chi connectivity index (χ2v) is 2.80. The molecule has 0 bridgehead atoms. The first-order valence-corrected chi connectivity index (χ1v) is 4.04. The van der Waals surface area contributed by atoms with Crippen molar-refractivity contribution in [2.75, 3.05) is 40.3 Å². The van der Waals surface area contributed by atoms with E-state index >= 15 is 0 Å². The lowest BCUT2D eigenvalue weighted by Gasteiger charge is -2.27. The highest BCUT2D eigenvalue weighted by atomic mass is 16.5. The van der Waals surface area contributed by atoms with Crippen LogP contribution in [0.1, 0.15) is 0 Å². The molecule has 0 unspecified atom stereocenters. The Kier molecular flexibility index (Phi) is 3.79. The van der Waals surface area contributed by atoms with Crippen molar-refractivity contribution in [3.63, 3.8) is 0 Å². The van der Waals surface area contributed by atoms with Crippen LogP contribution < -0.4 is 10.7 Å². The maximum atomic E-state index is 5.51. The third kappa shape index (κ3) is 3.16. The van der Waals surface area contributed by atoms with Crippen LogP contribution in [-0.4, -0.2) is 51.4 Å². The molecule has 1 rings (SSSR count). The van der Waals surface area contributed by atoms with Gasteiger partial charge in [-0.3, -0.25) is 5.43 Å². The van der Waals surface area contributed by atoms with Crippen LogP contribution in [0.25, 0.3) is 0 Å². The molecule has 4 nitrogen and oxygen atoms in total. The molecule has 0 aromatic rings. The third-order valence-electron chi connectivity index (χ3n) is 1.86. The van der Waals surface area contributed by atoms with E-state index in [1.54, 1.807) is 0 Å². The highest BCUT2D eigenvalue weighted by Gasteiger charge is 2.14. The van der Waals surface area contributed by atoms with Crippen LogP contribution in [0.5, 0.6) is 0 Å². The lowest BCUT2D eigenvalue weighted by Crippen LogP contribution is -2.47. The predicted octanol–water partition coefficient (Wildman–Crippen LogP) is -0.959. The summed E-state index contributed by atoms with van der Waals surface area (Å²) in [5.74, 6) is 0. The number of hydrogen-bond donors (Lipinski definition) is 2. The topological polar surface area (TPSA) is 36.5 Å². The van der Waals surface area contributed by atoms with Gasteiger partial charge in [0.2, 0.25) is 0 Å². The second-order valence-electron chi connectivity index (χ2n) is 2.80. The zero-order chi connectivity index (χ0) is 8.10. The Morgan fingerprint density at radius 1 is 1.73 bits per heavy atom. The van der Waals surface area contributed by atoms with E-state index in [9.17, 15) is 0 Å². The minimum absolute atomic E-state index is 0.334. The van der Waals surface area contributed by atoms with Crippen LogP contribution in [0.3, 0.4) is 0 Å². The van der Waals surface area contributed by atoms with Crippen LogP contribution >= 0.6 is 0 Å². The van der Waals surface area contributed by atoms with Crippen molar-refractivity contribution >= 4 is 0 Å². The summed E-state index contributed by atoms with van der Waals surface area (Å²) >= 11 is 0. The molecule has 66 valence electrons. The molecule has 1 atom stereocenters. The quantitative estimate of drug-likeness (QED) is 0.520. The fraction of sp³-hybridized carbons (Fsp3) is 1.00. The molecule has 0 amide bonds. The van der Waals surface area contributed by atoms with Crippen molar-refractivity contribution in [3.8, 4) is 0 Å². The van der Waals surface area contributed by atoms with Gasteiger partial charge in [-0.05, 0) is 7.05 Å². The van der Waals surface area contributed by atoms with Crippen LogP contribution in [-0.2, 0) is 4.74 Å². The van der Waals surface area contributed by atoms with Gasteiger partial charge in [0.05, 0.1) is 12.7 Å². The van der Waals surface area contributed by atoms with Crippen molar-refractivity contribution in [2.45, 2.75) is 6.10 Å². The molecule has 0 spiro atoms. The highest BCUT2D eigenvalue weighted by Crippen LogP contribution is 1.95. The smallest absolute Gasteiger partial charge is 0.0840 e. The first-order valence-electron chi connectivity index (χ1n) is 4.04. The molecule has 1 saturated heterocycles. The fourth-order valence-corrected chi connectivity index (χ4v) is 1.13. The molecule has 1 aliphatic heterocycles. The molecular weight excluding hydrogens is 142 g/mol. The molecule has 11 heavy (non-hydrogen) atoms. The largest absolute Gasteiger partial charge is 0.374 e. The van der Waals surface area contributed by atoms with Crippen molar-refractivity contribution in [1.29, 1.82) is 0 Å². The van der Waals surface area contributed by atoms with E-state index in [0.29, 0.717) is 6.10 Å². The average Bonchev–Trinajstić information content (AvgIpc) is 2.06. The summed E-state index contributed by atoms with van der Waals surface area (Å²) in [6.07, 6.45) is 0.334. The maximum absolute atomic E-state index is 5.51. The van der Waals surface area contributed by atoms with E-state index < -0.39 is 0 Å². The molecule has 1 fully saturated rings. The zero-order valence-corrected chi connectivity index (χ0v) is 7.26. The normalized spacial score (nSPS) is 25.9. The third-order valence-corrected chi connectivity index (χ3v) is 1.86. The number of hydrazine groups is 1. The van der Waals surface area contributed by atoms with Gasteiger partial charge in [0.15, 0.2) is 0 Å². The lowest BCUT2D eigenvalue weighted by atomic mass is 10.3. The van der Waals surface area contributed by atoms with Crippen LogP contribution in [0, 0.1) is 0 Å². The Morgan fingerprint density at radius 3 is 3.09 bits per heavy atom. The Labute approximate surface area is 67.9 Å². The summed E-state index contributed by atoms with van der Waals surface area (Å²) in [5.41, 5.74) is 3.04. The summed E-state index contributed by atoms with van der Waals surface area (Å²) in [6.45, 7) is 3.72. The minimum atomic E-state index is 0.334. The van der Waals surface area contributed by atoms with E-state index in [1.165, 1.54) is 0 Å². The average molecular weight is 159 g/mol. The molecule has 2 N–H and O–H groups in total. The minimum Gasteiger partial charge on any atom is -0.374 e. The Hall–Kier alpha value is -0.160. The van der Waals surface area contributed by atoms with Gasteiger partial charge in [-0.1, -0.05) is 0 Å². The van der Waals surface area contributed by atoms with Gasteiger partial charge in [0.1, 0.15) is 0 Å². The zero-order valence-electron chi connectivity index (χ0n) is 7.26. The number of morpholine rings is 1. The standard InChI is InChI=1S/C7H17N3O/c1-8-10(2)6-7-5-9-3-4-11-7/h7-9H,3-6H2,1-2H3/t7-/m1/s1. The maximum Gasteiger partial charge on any atom is 0.0840 e. The van der Waals surface area contributed by atoms with E-state index in [-0.39, 0.29) is 0 Å². The molecule has 4 heteroatoms. The number of rotatable bonds is 3. The Bertz CT molecular complexity index is 104. The first kappa shape index (κ1) is 8.93. The summed E-state index contributed by atoms with van der Waals surface area (Å²) < 4.78 is 5.51. The van der Waals surface area contributed by atoms with Gasteiger partial charge in [-0.2, -0.15) is 0 Å². The molecule has 0 radical (unpaired) electrons. The molecule has 0 aromatic heterocycles. The number of nitrogens with zero attached hydrogens (tertiary/aromatic N) is 1. The Morgan fingerprint density at radius 2 is 2.55 bits per heavy atom. The van der Waals surface area contributed by atoms with Crippen LogP contribution in [0.4, 0.5) is 0 Å². The lowest BCUT2D eigenvalue weighted by molar-refractivity contribution is 0.00291. The van der Waals surface area contributed by atoms with E-state index in [2.05, 4.69) is 10.7 Å².